The molecule has 0 unspecified atom stereocenters. The van der Waals surface area contributed by atoms with Crippen molar-refractivity contribution < 1.29 is 4.42 Å². The largest absolute Gasteiger partial charge is 0.472 e. The third-order valence-corrected chi connectivity index (χ3v) is 2.43. The molecule has 0 fully saturated rings. The predicted octanol–water partition coefficient (Wildman–Crippen LogP) is 2.86. The first kappa shape index (κ1) is 10.2. The lowest BCUT2D eigenvalue weighted by Crippen LogP contribution is -2.05. The average Bonchev–Trinajstić information content (AvgIpc) is 2.85. The van der Waals surface area contributed by atoms with Gasteiger partial charge < -0.3 is 4.42 Å². The van der Waals surface area contributed by atoms with Gasteiger partial charge in [-0.05, 0) is 19.9 Å². The maximum Gasteiger partial charge on any atom is 0.106 e. The molecule has 0 aliphatic carbocycles. The van der Waals surface area contributed by atoms with Gasteiger partial charge in [0.05, 0.1) is 24.1 Å². The first-order valence-electron chi connectivity index (χ1n) is 4.76. The van der Waals surface area contributed by atoms with Gasteiger partial charge in [-0.15, -0.1) is 16.7 Å². The lowest BCUT2D eigenvalue weighted by atomic mass is 10.2. The molecule has 15 heavy (non-hydrogen) atoms. The standard InChI is InChI=1S/C10H12ClN3O/c1-7(2)14-10(8-3-4-15-6-8)9(5-11)12-13-14/h3-4,6-7H,5H2,1-2H3. The fraction of sp³-hybridized carbons (Fsp3) is 0.400. The highest BCUT2D eigenvalue weighted by Gasteiger charge is 2.16. The summed E-state index contributed by atoms with van der Waals surface area (Å²) >= 11 is 5.82. The molecule has 0 radical (unpaired) electrons. The molecule has 0 spiro atoms. The second kappa shape index (κ2) is 4.06. The summed E-state index contributed by atoms with van der Waals surface area (Å²) in [6.07, 6.45) is 3.30. The lowest BCUT2D eigenvalue weighted by molar-refractivity contribution is 0.518. The van der Waals surface area contributed by atoms with Crippen molar-refractivity contribution in [2.24, 2.45) is 0 Å². The quantitative estimate of drug-likeness (QED) is 0.755. The molecule has 2 aromatic rings. The summed E-state index contributed by atoms with van der Waals surface area (Å²) in [6.45, 7) is 4.10. The van der Waals surface area contributed by atoms with E-state index < -0.39 is 0 Å². The van der Waals surface area contributed by atoms with Gasteiger partial charge in [-0.2, -0.15) is 0 Å². The third-order valence-electron chi connectivity index (χ3n) is 2.17. The van der Waals surface area contributed by atoms with Gasteiger partial charge in [-0.1, -0.05) is 5.21 Å². The Morgan fingerprint density at radius 3 is 2.87 bits per heavy atom. The number of halogens is 1. The Bertz CT molecular complexity index is 433. The Morgan fingerprint density at radius 1 is 1.53 bits per heavy atom. The molecule has 0 aliphatic rings. The molecular weight excluding hydrogens is 214 g/mol. The molecule has 0 aliphatic heterocycles. The maximum atomic E-state index is 5.82. The van der Waals surface area contributed by atoms with Gasteiger partial charge in [0, 0.05) is 11.6 Å². The number of furan rings is 1. The molecular formula is C10H12ClN3O. The highest BCUT2D eigenvalue weighted by atomic mass is 35.5. The number of aromatic nitrogens is 3. The van der Waals surface area contributed by atoms with Crippen LogP contribution in [0.4, 0.5) is 0 Å². The van der Waals surface area contributed by atoms with E-state index in [1.165, 1.54) is 0 Å². The summed E-state index contributed by atoms with van der Waals surface area (Å²) in [5.41, 5.74) is 2.69. The van der Waals surface area contributed by atoms with Crippen molar-refractivity contribution in [3.63, 3.8) is 0 Å². The minimum absolute atomic E-state index is 0.249. The Hall–Kier alpha value is -1.29. The zero-order valence-corrected chi connectivity index (χ0v) is 9.40. The molecule has 0 amide bonds. The van der Waals surface area contributed by atoms with Crippen LogP contribution in [0.3, 0.4) is 0 Å². The fourth-order valence-corrected chi connectivity index (χ4v) is 1.66. The smallest absolute Gasteiger partial charge is 0.106 e. The molecule has 0 N–H and O–H groups in total. The van der Waals surface area contributed by atoms with Crippen LogP contribution < -0.4 is 0 Å². The summed E-state index contributed by atoms with van der Waals surface area (Å²) in [7, 11) is 0. The highest BCUT2D eigenvalue weighted by molar-refractivity contribution is 6.17. The van der Waals surface area contributed by atoms with Crippen LogP contribution in [-0.2, 0) is 5.88 Å². The number of alkyl halides is 1. The zero-order chi connectivity index (χ0) is 10.8. The van der Waals surface area contributed by atoms with E-state index in [9.17, 15) is 0 Å². The molecule has 0 bridgehead atoms. The average molecular weight is 226 g/mol. The second-order valence-electron chi connectivity index (χ2n) is 3.57. The Morgan fingerprint density at radius 2 is 2.33 bits per heavy atom. The van der Waals surface area contributed by atoms with Crippen LogP contribution >= 0.6 is 11.6 Å². The van der Waals surface area contributed by atoms with Gasteiger partial charge in [0.1, 0.15) is 5.69 Å². The van der Waals surface area contributed by atoms with E-state index in [1.54, 1.807) is 12.5 Å². The molecule has 80 valence electrons. The van der Waals surface area contributed by atoms with Crippen molar-refractivity contribution in [3.8, 4) is 11.3 Å². The van der Waals surface area contributed by atoms with Gasteiger partial charge >= 0.3 is 0 Å². The molecule has 4 nitrogen and oxygen atoms in total. The van der Waals surface area contributed by atoms with E-state index in [0.717, 1.165) is 17.0 Å². The van der Waals surface area contributed by atoms with E-state index >= 15 is 0 Å². The van der Waals surface area contributed by atoms with Gasteiger partial charge in [0.15, 0.2) is 0 Å². The molecule has 5 heteroatoms. The van der Waals surface area contributed by atoms with Crippen molar-refractivity contribution in [1.82, 2.24) is 15.0 Å². The first-order chi connectivity index (χ1) is 7.24. The van der Waals surface area contributed by atoms with Gasteiger partial charge in [-0.25, -0.2) is 4.68 Å². The van der Waals surface area contributed by atoms with Crippen molar-refractivity contribution in [3.05, 3.63) is 24.3 Å². The third kappa shape index (κ3) is 1.77. The molecule has 2 aromatic heterocycles. The molecule has 0 atom stereocenters. The summed E-state index contributed by atoms with van der Waals surface area (Å²) in [5.74, 6) is 0.354. The Kier molecular flexibility index (Phi) is 2.77. The summed E-state index contributed by atoms with van der Waals surface area (Å²) in [4.78, 5) is 0. The van der Waals surface area contributed by atoms with Crippen molar-refractivity contribution in [2.75, 3.05) is 0 Å². The monoisotopic (exact) mass is 225 g/mol. The van der Waals surface area contributed by atoms with E-state index in [4.69, 9.17) is 16.0 Å². The highest BCUT2D eigenvalue weighted by Crippen LogP contribution is 2.26. The van der Waals surface area contributed by atoms with Crippen molar-refractivity contribution in [1.29, 1.82) is 0 Å². The Labute approximate surface area is 92.8 Å². The molecule has 2 heterocycles. The summed E-state index contributed by atoms with van der Waals surface area (Å²) in [6, 6.07) is 2.13. The zero-order valence-electron chi connectivity index (χ0n) is 8.64. The van der Waals surface area contributed by atoms with Crippen molar-refractivity contribution in [2.45, 2.75) is 25.8 Å². The van der Waals surface area contributed by atoms with Gasteiger partial charge in [-0.3, -0.25) is 0 Å². The molecule has 0 saturated heterocycles. The summed E-state index contributed by atoms with van der Waals surface area (Å²) < 4.78 is 6.91. The minimum atomic E-state index is 0.249. The summed E-state index contributed by atoms with van der Waals surface area (Å²) in [5, 5.41) is 8.13. The van der Waals surface area contributed by atoms with Gasteiger partial charge in [0.2, 0.25) is 0 Å². The van der Waals surface area contributed by atoms with E-state index in [2.05, 4.69) is 24.2 Å². The molecule has 0 saturated carbocycles. The fourth-order valence-electron chi connectivity index (χ4n) is 1.48. The molecule has 2 rings (SSSR count). The second-order valence-corrected chi connectivity index (χ2v) is 3.84. The topological polar surface area (TPSA) is 43.9 Å². The van der Waals surface area contributed by atoms with Crippen LogP contribution in [0, 0.1) is 0 Å². The maximum absolute atomic E-state index is 5.82. The van der Waals surface area contributed by atoms with Crippen LogP contribution in [-0.4, -0.2) is 15.0 Å². The molecule has 0 aromatic carbocycles. The number of hydrogen-bond acceptors (Lipinski definition) is 3. The van der Waals surface area contributed by atoms with E-state index in [1.807, 2.05) is 10.7 Å². The van der Waals surface area contributed by atoms with E-state index in [0.29, 0.717) is 5.88 Å². The van der Waals surface area contributed by atoms with E-state index in [-0.39, 0.29) is 6.04 Å². The SMILES string of the molecule is CC(C)n1nnc(CCl)c1-c1ccoc1. The normalized spacial score (nSPS) is 11.2. The number of nitrogens with zero attached hydrogens (tertiary/aromatic N) is 3. The van der Waals surface area contributed by atoms with Crippen LogP contribution in [0.15, 0.2) is 23.0 Å². The predicted molar refractivity (Wildman–Crippen MR) is 57.7 cm³/mol. The van der Waals surface area contributed by atoms with Crippen LogP contribution in [0.25, 0.3) is 11.3 Å². The number of hydrogen-bond donors (Lipinski definition) is 0. The van der Waals surface area contributed by atoms with Crippen LogP contribution in [0.1, 0.15) is 25.6 Å². The van der Waals surface area contributed by atoms with Crippen LogP contribution in [0.5, 0.6) is 0 Å². The minimum Gasteiger partial charge on any atom is -0.472 e. The van der Waals surface area contributed by atoms with Crippen molar-refractivity contribution >= 4 is 11.6 Å². The lowest BCUT2D eigenvalue weighted by Gasteiger charge is -2.08. The first-order valence-corrected chi connectivity index (χ1v) is 5.30. The Balaban J connectivity index is 2.56. The number of rotatable bonds is 3. The van der Waals surface area contributed by atoms with Gasteiger partial charge in [0.25, 0.3) is 0 Å². The van der Waals surface area contributed by atoms with Crippen LogP contribution in [0.2, 0.25) is 0 Å².